The van der Waals surface area contributed by atoms with E-state index in [-0.39, 0.29) is 0 Å². The van der Waals surface area contributed by atoms with Crippen LogP contribution in [0.25, 0.3) is 0 Å². The first-order valence-corrected chi connectivity index (χ1v) is 6.19. The zero-order chi connectivity index (χ0) is 11.5. The van der Waals surface area contributed by atoms with Crippen LogP contribution in [0, 0.1) is 13.8 Å². The van der Waals surface area contributed by atoms with Crippen LogP contribution in [0.1, 0.15) is 23.1 Å². The summed E-state index contributed by atoms with van der Waals surface area (Å²) in [6, 6.07) is 7.12. The third-order valence-corrected chi connectivity index (χ3v) is 3.51. The van der Waals surface area contributed by atoms with Gasteiger partial charge in [-0.3, -0.25) is 0 Å². The highest BCUT2D eigenvalue weighted by atomic mass is 15.2. The third kappa shape index (κ3) is 2.83. The predicted octanol–water partition coefficient (Wildman–Crippen LogP) is 1.88. The average Bonchev–Trinajstić information content (AvgIpc) is 2.66. The summed E-state index contributed by atoms with van der Waals surface area (Å²) in [5.74, 6) is 0. The fourth-order valence-electron chi connectivity index (χ4n) is 2.41. The second-order valence-corrected chi connectivity index (χ2v) is 5.03. The van der Waals surface area contributed by atoms with Gasteiger partial charge < -0.3 is 10.6 Å². The Bertz CT molecular complexity index is 360. The molecule has 88 valence electrons. The molecule has 0 aliphatic carbocycles. The Morgan fingerprint density at radius 3 is 2.88 bits per heavy atom. The van der Waals surface area contributed by atoms with E-state index >= 15 is 0 Å². The summed E-state index contributed by atoms with van der Waals surface area (Å²) in [7, 11) is 0. The van der Waals surface area contributed by atoms with Gasteiger partial charge >= 0.3 is 0 Å². The van der Waals surface area contributed by atoms with Crippen molar-refractivity contribution in [3.8, 4) is 0 Å². The van der Waals surface area contributed by atoms with Crippen molar-refractivity contribution >= 4 is 0 Å². The summed E-state index contributed by atoms with van der Waals surface area (Å²) in [5.41, 5.74) is 10.2. The molecule has 1 aromatic carbocycles. The van der Waals surface area contributed by atoms with Crippen molar-refractivity contribution in [3.63, 3.8) is 0 Å². The van der Waals surface area contributed by atoms with Crippen LogP contribution in [0.3, 0.4) is 0 Å². The Kier molecular flexibility index (Phi) is 3.62. The molecule has 0 aromatic heterocycles. The van der Waals surface area contributed by atoms with E-state index in [4.69, 9.17) is 5.73 Å². The number of rotatable bonds is 3. The molecule has 0 spiro atoms. The van der Waals surface area contributed by atoms with Gasteiger partial charge in [-0.25, -0.2) is 0 Å². The van der Waals surface area contributed by atoms with Crippen molar-refractivity contribution in [2.45, 2.75) is 32.7 Å². The zero-order valence-electron chi connectivity index (χ0n) is 10.4. The molecule has 1 fully saturated rings. The predicted molar refractivity (Wildman–Crippen MR) is 68.7 cm³/mol. The lowest BCUT2D eigenvalue weighted by Gasteiger charge is -2.16. The third-order valence-electron chi connectivity index (χ3n) is 3.51. The van der Waals surface area contributed by atoms with Crippen LogP contribution in [-0.2, 0) is 6.42 Å². The lowest BCUT2D eigenvalue weighted by molar-refractivity contribution is 0.338. The monoisotopic (exact) mass is 218 g/mol. The SMILES string of the molecule is Cc1ccc(C)c(CCN2CCC(N)C2)c1. The van der Waals surface area contributed by atoms with Crippen molar-refractivity contribution < 1.29 is 0 Å². The van der Waals surface area contributed by atoms with Gasteiger partial charge in [0, 0.05) is 19.1 Å². The van der Waals surface area contributed by atoms with Crippen molar-refractivity contribution in [2.24, 2.45) is 5.73 Å². The van der Waals surface area contributed by atoms with Crippen molar-refractivity contribution in [1.29, 1.82) is 0 Å². The molecule has 1 unspecified atom stereocenters. The molecule has 1 aliphatic heterocycles. The second kappa shape index (κ2) is 4.98. The van der Waals surface area contributed by atoms with Gasteiger partial charge in [-0.2, -0.15) is 0 Å². The van der Waals surface area contributed by atoms with Gasteiger partial charge in [0.1, 0.15) is 0 Å². The quantitative estimate of drug-likeness (QED) is 0.839. The van der Waals surface area contributed by atoms with Gasteiger partial charge in [-0.1, -0.05) is 23.8 Å². The van der Waals surface area contributed by atoms with Gasteiger partial charge in [0.25, 0.3) is 0 Å². The van der Waals surface area contributed by atoms with E-state index in [0.29, 0.717) is 6.04 Å². The number of hydrogen-bond acceptors (Lipinski definition) is 2. The van der Waals surface area contributed by atoms with Gasteiger partial charge in [0.2, 0.25) is 0 Å². The Hall–Kier alpha value is -0.860. The molecule has 1 aliphatic rings. The first-order chi connectivity index (χ1) is 7.65. The first-order valence-electron chi connectivity index (χ1n) is 6.19. The Labute approximate surface area is 98.4 Å². The average molecular weight is 218 g/mol. The molecule has 0 amide bonds. The Balaban J connectivity index is 1.91. The minimum absolute atomic E-state index is 0.401. The number of nitrogens with zero attached hydrogens (tertiary/aromatic N) is 1. The molecule has 0 bridgehead atoms. The standard InChI is InChI=1S/C14H22N2/c1-11-3-4-12(2)13(9-11)5-7-16-8-6-14(15)10-16/h3-4,9,14H,5-8,10,15H2,1-2H3. The van der Waals surface area contributed by atoms with Crippen molar-refractivity contribution in [2.75, 3.05) is 19.6 Å². The van der Waals surface area contributed by atoms with E-state index in [9.17, 15) is 0 Å². The zero-order valence-corrected chi connectivity index (χ0v) is 10.4. The van der Waals surface area contributed by atoms with Crippen LogP contribution in [0.4, 0.5) is 0 Å². The van der Waals surface area contributed by atoms with Gasteiger partial charge in [-0.15, -0.1) is 0 Å². The molecule has 1 atom stereocenters. The summed E-state index contributed by atoms with van der Waals surface area (Å²) in [6.45, 7) is 7.76. The van der Waals surface area contributed by atoms with Crippen LogP contribution < -0.4 is 5.73 Å². The fourth-order valence-corrected chi connectivity index (χ4v) is 2.41. The topological polar surface area (TPSA) is 29.3 Å². The minimum atomic E-state index is 0.401. The highest BCUT2D eigenvalue weighted by Crippen LogP contribution is 2.13. The van der Waals surface area contributed by atoms with Crippen LogP contribution >= 0.6 is 0 Å². The van der Waals surface area contributed by atoms with E-state index < -0.39 is 0 Å². The number of hydrogen-bond donors (Lipinski definition) is 1. The maximum absolute atomic E-state index is 5.91. The summed E-state index contributed by atoms with van der Waals surface area (Å²) < 4.78 is 0. The molecular formula is C14H22N2. The first kappa shape index (κ1) is 11.6. The molecule has 2 rings (SSSR count). The number of nitrogens with two attached hydrogens (primary N) is 1. The molecule has 16 heavy (non-hydrogen) atoms. The van der Waals surface area contributed by atoms with E-state index in [1.54, 1.807) is 0 Å². The Morgan fingerprint density at radius 2 is 2.19 bits per heavy atom. The molecule has 0 radical (unpaired) electrons. The smallest absolute Gasteiger partial charge is 0.0180 e. The van der Waals surface area contributed by atoms with Crippen molar-refractivity contribution in [3.05, 3.63) is 34.9 Å². The fraction of sp³-hybridized carbons (Fsp3) is 0.571. The maximum Gasteiger partial charge on any atom is 0.0180 e. The molecule has 2 N–H and O–H groups in total. The van der Waals surface area contributed by atoms with E-state index in [0.717, 1.165) is 25.9 Å². The summed E-state index contributed by atoms with van der Waals surface area (Å²) >= 11 is 0. The van der Waals surface area contributed by atoms with Gasteiger partial charge in [-0.05, 0) is 44.4 Å². The lowest BCUT2D eigenvalue weighted by Crippen LogP contribution is -2.28. The normalized spacial score (nSPS) is 21.6. The summed E-state index contributed by atoms with van der Waals surface area (Å²) in [4.78, 5) is 2.48. The molecule has 2 nitrogen and oxygen atoms in total. The Morgan fingerprint density at radius 1 is 1.38 bits per heavy atom. The summed E-state index contributed by atoms with van der Waals surface area (Å²) in [6.07, 6.45) is 2.31. The van der Waals surface area contributed by atoms with Gasteiger partial charge in [0.05, 0.1) is 0 Å². The van der Waals surface area contributed by atoms with Crippen molar-refractivity contribution in [1.82, 2.24) is 4.90 Å². The van der Waals surface area contributed by atoms with E-state index in [2.05, 4.69) is 36.9 Å². The molecule has 1 heterocycles. The van der Waals surface area contributed by atoms with Crippen LogP contribution in [0.15, 0.2) is 18.2 Å². The van der Waals surface area contributed by atoms with Crippen LogP contribution in [0.2, 0.25) is 0 Å². The maximum atomic E-state index is 5.91. The highest BCUT2D eigenvalue weighted by molar-refractivity contribution is 5.30. The molecule has 1 aromatic rings. The second-order valence-electron chi connectivity index (χ2n) is 5.03. The minimum Gasteiger partial charge on any atom is -0.326 e. The van der Waals surface area contributed by atoms with Crippen LogP contribution in [0.5, 0.6) is 0 Å². The molecule has 2 heteroatoms. The van der Waals surface area contributed by atoms with E-state index in [1.807, 2.05) is 0 Å². The lowest BCUT2D eigenvalue weighted by atomic mass is 10.0. The highest BCUT2D eigenvalue weighted by Gasteiger charge is 2.18. The number of benzene rings is 1. The van der Waals surface area contributed by atoms with E-state index in [1.165, 1.54) is 23.2 Å². The molecule has 0 saturated carbocycles. The van der Waals surface area contributed by atoms with Crippen LogP contribution in [-0.4, -0.2) is 30.6 Å². The number of aryl methyl sites for hydroxylation is 2. The number of likely N-dealkylation sites (tertiary alicyclic amines) is 1. The molecule has 1 saturated heterocycles. The molecular weight excluding hydrogens is 196 g/mol. The summed E-state index contributed by atoms with van der Waals surface area (Å²) in [5, 5.41) is 0. The van der Waals surface area contributed by atoms with Gasteiger partial charge in [0.15, 0.2) is 0 Å². The largest absolute Gasteiger partial charge is 0.326 e.